The van der Waals surface area contributed by atoms with Crippen molar-refractivity contribution in [2.45, 2.75) is 12.3 Å². The van der Waals surface area contributed by atoms with Crippen LogP contribution in [-0.4, -0.2) is 48.6 Å². The van der Waals surface area contributed by atoms with E-state index in [1.54, 1.807) is 18.0 Å². The molecule has 1 aliphatic heterocycles. The molecule has 0 aliphatic carbocycles. The quantitative estimate of drug-likeness (QED) is 0.800. The van der Waals surface area contributed by atoms with Crippen LogP contribution < -0.4 is 4.74 Å². The molecule has 1 heterocycles. The molecule has 4 nitrogen and oxygen atoms in total. The highest BCUT2D eigenvalue weighted by Gasteiger charge is 2.34. The topological polar surface area (TPSA) is 32.8 Å². The van der Waals surface area contributed by atoms with Crippen LogP contribution in [0.5, 0.6) is 5.75 Å². The average Bonchev–Trinajstić information content (AvgIpc) is 2.41. The zero-order valence-electron chi connectivity index (χ0n) is 12.1. The van der Waals surface area contributed by atoms with Crippen molar-refractivity contribution < 1.29 is 22.7 Å². The summed E-state index contributed by atoms with van der Waals surface area (Å²) < 4.78 is 43.3. The molecule has 0 aromatic heterocycles. The molecule has 0 bridgehead atoms. The first kappa shape index (κ1) is 16.2. The van der Waals surface area contributed by atoms with Crippen LogP contribution in [0, 0.1) is 0 Å². The zero-order valence-corrected chi connectivity index (χ0v) is 12.1. The molecular formula is C15H17F3N2O2. The number of hydrogen-bond donors (Lipinski definition) is 0. The Morgan fingerprint density at radius 1 is 1.50 bits per heavy atom. The predicted octanol–water partition coefficient (Wildman–Crippen LogP) is 3.01. The van der Waals surface area contributed by atoms with Crippen molar-refractivity contribution in [2.75, 3.05) is 26.7 Å². The molecule has 0 saturated carbocycles. The van der Waals surface area contributed by atoms with Crippen molar-refractivity contribution >= 4 is 6.03 Å². The Morgan fingerprint density at radius 3 is 2.77 bits per heavy atom. The van der Waals surface area contributed by atoms with E-state index in [1.165, 1.54) is 17.0 Å². The molecule has 0 atom stereocenters. The number of nitrogens with zero attached hydrogens (tertiary/aromatic N) is 2. The molecule has 7 heteroatoms. The Bertz CT molecular complexity index is 554. The highest BCUT2D eigenvalue weighted by atomic mass is 19.4. The minimum Gasteiger partial charge on any atom is -0.487 e. The molecule has 0 spiro atoms. The van der Waals surface area contributed by atoms with Gasteiger partial charge in [0.2, 0.25) is 0 Å². The summed E-state index contributed by atoms with van der Waals surface area (Å²) in [6.07, 6.45) is -3.06. The molecule has 2 rings (SSSR count). The third-order valence-electron chi connectivity index (χ3n) is 3.31. The van der Waals surface area contributed by atoms with Crippen LogP contribution in [0.1, 0.15) is 5.56 Å². The Hall–Kier alpha value is -2.18. The summed E-state index contributed by atoms with van der Waals surface area (Å²) in [5.74, 6) is 0.159. The lowest BCUT2D eigenvalue weighted by Gasteiger charge is -2.40. The van der Waals surface area contributed by atoms with Crippen molar-refractivity contribution in [3.8, 4) is 5.75 Å². The van der Waals surface area contributed by atoms with Gasteiger partial charge in [-0.1, -0.05) is 12.1 Å². The molecule has 22 heavy (non-hydrogen) atoms. The van der Waals surface area contributed by atoms with E-state index in [9.17, 15) is 18.0 Å². The zero-order chi connectivity index (χ0) is 16.3. The van der Waals surface area contributed by atoms with Crippen LogP contribution in [0.15, 0.2) is 36.9 Å². The second kappa shape index (κ2) is 6.29. The Kier molecular flexibility index (Phi) is 4.63. The number of likely N-dealkylation sites (tertiary alicyclic amines) is 1. The van der Waals surface area contributed by atoms with Gasteiger partial charge in [-0.25, -0.2) is 4.79 Å². The third kappa shape index (κ3) is 3.72. The Morgan fingerprint density at radius 2 is 2.18 bits per heavy atom. The summed E-state index contributed by atoms with van der Waals surface area (Å²) >= 11 is 0. The number of halogens is 3. The van der Waals surface area contributed by atoms with Crippen LogP contribution in [0.25, 0.3) is 0 Å². The fraction of sp³-hybridized carbons (Fsp3) is 0.400. The van der Waals surface area contributed by atoms with E-state index in [2.05, 4.69) is 6.58 Å². The lowest BCUT2D eigenvalue weighted by atomic mass is 10.1. The highest BCUT2D eigenvalue weighted by Crippen LogP contribution is 2.32. The second-order valence-corrected chi connectivity index (χ2v) is 5.12. The maximum atomic E-state index is 12.6. The molecule has 1 aliphatic rings. The van der Waals surface area contributed by atoms with Gasteiger partial charge >= 0.3 is 12.2 Å². The van der Waals surface area contributed by atoms with Gasteiger partial charge in [0.15, 0.2) is 0 Å². The predicted molar refractivity (Wildman–Crippen MR) is 75.7 cm³/mol. The summed E-state index contributed by atoms with van der Waals surface area (Å²) in [6.45, 7) is 4.71. The van der Waals surface area contributed by atoms with Gasteiger partial charge in [-0.05, 0) is 18.2 Å². The smallest absolute Gasteiger partial charge is 0.416 e. The number of rotatable bonds is 4. The minimum atomic E-state index is -4.39. The molecule has 2 amide bonds. The first-order valence-electron chi connectivity index (χ1n) is 6.76. The molecule has 1 aromatic carbocycles. The van der Waals surface area contributed by atoms with Gasteiger partial charge in [0, 0.05) is 13.6 Å². The number of benzene rings is 1. The van der Waals surface area contributed by atoms with Crippen molar-refractivity contribution in [2.24, 2.45) is 0 Å². The van der Waals surface area contributed by atoms with Crippen LogP contribution in [0.2, 0.25) is 0 Å². The fourth-order valence-corrected chi connectivity index (χ4v) is 2.12. The van der Waals surface area contributed by atoms with Crippen LogP contribution in [0.3, 0.4) is 0 Å². The summed E-state index contributed by atoms with van der Waals surface area (Å²) in [6, 6.07) is 4.59. The highest BCUT2D eigenvalue weighted by molar-refractivity contribution is 5.75. The second-order valence-electron chi connectivity index (χ2n) is 5.12. The fourth-order valence-electron chi connectivity index (χ4n) is 2.12. The molecule has 1 fully saturated rings. The van der Waals surface area contributed by atoms with Gasteiger partial charge in [-0.15, -0.1) is 6.58 Å². The number of urea groups is 1. The lowest BCUT2D eigenvalue weighted by molar-refractivity contribution is -0.137. The number of hydrogen-bond acceptors (Lipinski definition) is 2. The first-order valence-corrected chi connectivity index (χ1v) is 6.76. The number of likely N-dealkylation sites (N-methyl/N-ethyl adjacent to an activating group) is 1. The third-order valence-corrected chi connectivity index (χ3v) is 3.31. The van der Waals surface area contributed by atoms with Gasteiger partial charge in [0.1, 0.15) is 11.9 Å². The monoisotopic (exact) mass is 314 g/mol. The number of carbonyl (C=O) groups excluding carboxylic acids is 1. The number of carbonyl (C=O) groups is 1. The van der Waals surface area contributed by atoms with Gasteiger partial charge in [0.25, 0.3) is 0 Å². The summed E-state index contributed by atoms with van der Waals surface area (Å²) in [7, 11) is 1.66. The van der Waals surface area contributed by atoms with E-state index in [0.29, 0.717) is 19.6 Å². The number of ether oxygens (including phenoxy) is 1. The van der Waals surface area contributed by atoms with E-state index >= 15 is 0 Å². The molecule has 0 N–H and O–H groups in total. The maximum Gasteiger partial charge on any atom is 0.416 e. The number of alkyl halides is 3. The van der Waals surface area contributed by atoms with Gasteiger partial charge in [-0.2, -0.15) is 13.2 Å². The van der Waals surface area contributed by atoms with Crippen molar-refractivity contribution in [3.05, 3.63) is 42.5 Å². The van der Waals surface area contributed by atoms with Gasteiger partial charge < -0.3 is 14.5 Å². The summed E-state index contributed by atoms with van der Waals surface area (Å²) in [4.78, 5) is 15.0. The van der Waals surface area contributed by atoms with Gasteiger partial charge in [0.05, 0.1) is 18.7 Å². The van der Waals surface area contributed by atoms with E-state index in [-0.39, 0.29) is 17.9 Å². The van der Waals surface area contributed by atoms with Crippen molar-refractivity contribution in [1.29, 1.82) is 0 Å². The van der Waals surface area contributed by atoms with Crippen LogP contribution >= 0.6 is 0 Å². The molecule has 0 radical (unpaired) electrons. The van der Waals surface area contributed by atoms with E-state index in [1.807, 2.05) is 0 Å². The van der Waals surface area contributed by atoms with Crippen LogP contribution in [0.4, 0.5) is 18.0 Å². The normalized spacial score (nSPS) is 15.2. The van der Waals surface area contributed by atoms with E-state index in [4.69, 9.17) is 4.74 Å². The average molecular weight is 314 g/mol. The van der Waals surface area contributed by atoms with Gasteiger partial charge in [-0.3, -0.25) is 0 Å². The maximum absolute atomic E-state index is 12.6. The molecule has 1 saturated heterocycles. The first-order chi connectivity index (χ1) is 10.3. The standard InChI is InChI=1S/C15H17F3N2O2/c1-3-7-19(2)14(21)20-9-13(10-20)22-12-6-4-5-11(8-12)15(16,17)18/h3-6,8,13H,1,7,9-10H2,2H3. The molecule has 120 valence electrons. The Balaban J connectivity index is 1.88. The number of amides is 2. The SMILES string of the molecule is C=CCN(C)C(=O)N1CC(Oc2cccc(C(F)(F)F)c2)C1. The lowest BCUT2D eigenvalue weighted by Crippen LogP contribution is -2.59. The molecule has 0 unspecified atom stereocenters. The minimum absolute atomic E-state index is 0.149. The van der Waals surface area contributed by atoms with Crippen LogP contribution in [-0.2, 0) is 6.18 Å². The van der Waals surface area contributed by atoms with E-state index in [0.717, 1.165) is 12.1 Å². The molecular weight excluding hydrogens is 297 g/mol. The van der Waals surface area contributed by atoms with Crippen molar-refractivity contribution in [1.82, 2.24) is 9.80 Å². The summed E-state index contributed by atoms with van der Waals surface area (Å²) in [5, 5.41) is 0. The Labute approximate surface area is 126 Å². The summed E-state index contributed by atoms with van der Waals surface area (Å²) in [5.41, 5.74) is -0.747. The van der Waals surface area contributed by atoms with Crippen molar-refractivity contribution in [3.63, 3.8) is 0 Å². The van der Waals surface area contributed by atoms with E-state index < -0.39 is 11.7 Å². The molecule has 1 aromatic rings. The largest absolute Gasteiger partial charge is 0.487 e.